The number of rotatable bonds is 8. The quantitative estimate of drug-likeness (QED) is 0.657. The van der Waals surface area contributed by atoms with Gasteiger partial charge in [-0.1, -0.05) is 30.7 Å². The number of aromatic nitrogens is 2. The number of hydrogen-bond donors (Lipinski definition) is 2. The van der Waals surface area contributed by atoms with Crippen molar-refractivity contribution in [3.8, 4) is 5.75 Å². The van der Waals surface area contributed by atoms with E-state index in [1.807, 2.05) is 6.92 Å². The summed E-state index contributed by atoms with van der Waals surface area (Å²) in [4.78, 5) is 8.32. The van der Waals surface area contributed by atoms with Crippen molar-refractivity contribution in [3.63, 3.8) is 0 Å². The zero-order valence-electron chi connectivity index (χ0n) is 14.9. The molecule has 0 bridgehead atoms. The zero-order chi connectivity index (χ0) is 19.3. The topological polar surface area (TPSA) is 101 Å². The number of aliphatic hydroxyl groups excluding tert-OH is 1. The Morgan fingerprint density at radius 1 is 1.27 bits per heavy atom. The van der Waals surface area contributed by atoms with E-state index in [0.717, 1.165) is 6.26 Å². The predicted molar refractivity (Wildman–Crippen MR) is 101 cm³/mol. The normalized spacial score (nSPS) is 12.7. The standard InChI is InChI=1S/C17H22ClN3O4S/c1-4-13-16(18)20-15(10-26(3,23)24)21-17(13)19-9-14(22)11-5-7-12(25-2)8-6-11/h5-8,14,22H,4,9-10H2,1-3H3,(H,19,20,21). The van der Waals surface area contributed by atoms with Crippen LogP contribution in [0.5, 0.6) is 5.75 Å². The second-order valence-electron chi connectivity index (χ2n) is 5.85. The summed E-state index contributed by atoms with van der Waals surface area (Å²) in [6.45, 7) is 2.08. The van der Waals surface area contributed by atoms with Crippen LogP contribution in [0.4, 0.5) is 5.82 Å². The first-order valence-corrected chi connectivity index (χ1v) is 10.5. The van der Waals surface area contributed by atoms with Crippen LogP contribution in [0.15, 0.2) is 24.3 Å². The fourth-order valence-electron chi connectivity index (χ4n) is 2.40. The summed E-state index contributed by atoms with van der Waals surface area (Å²) in [5, 5.41) is 13.6. The maximum Gasteiger partial charge on any atom is 0.154 e. The maximum atomic E-state index is 11.5. The summed E-state index contributed by atoms with van der Waals surface area (Å²) >= 11 is 6.17. The van der Waals surface area contributed by atoms with Gasteiger partial charge in [-0.05, 0) is 24.1 Å². The van der Waals surface area contributed by atoms with Gasteiger partial charge in [-0.2, -0.15) is 0 Å². The van der Waals surface area contributed by atoms with Gasteiger partial charge in [0.25, 0.3) is 0 Å². The second kappa shape index (κ2) is 8.66. The molecule has 0 spiro atoms. The lowest BCUT2D eigenvalue weighted by molar-refractivity contribution is 0.191. The number of sulfone groups is 1. The zero-order valence-corrected chi connectivity index (χ0v) is 16.4. The number of benzene rings is 1. The van der Waals surface area contributed by atoms with E-state index in [1.54, 1.807) is 31.4 Å². The van der Waals surface area contributed by atoms with Gasteiger partial charge >= 0.3 is 0 Å². The Hall–Kier alpha value is -1.90. The molecule has 1 atom stereocenters. The van der Waals surface area contributed by atoms with Crippen molar-refractivity contribution >= 4 is 27.3 Å². The number of ether oxygens (including phenoxy) is 1. The van der Waals surface area contributed by atoms with E-state index in [2.05, 4.69) is 15.3 Å². The van der Waals surface area contributed by atoms with Gasteiger partial charge in [0.15, 0.2) is 9.84 Å². The molecule has 7 nitrogen and oxygen atoms in total. The first-order chi connectivity index (χ1) is 12.2. The number of methoxy groups -OCH3 is 1. The van der Waals surface area contributed by atoms with Gasteiger partial charge in [-0.25, -0.2) is 18.4 Å². The molecule has 142 valence electrons. The average Bonchev–Trinajstić information content (AvgIpc) is 2.58. The molecule has 0 aliphatic heterocycles. The van der Waals surface area contributed by atoms with Crippen LogP contribution in [0.25, 0.3) is 0 Å². The third kappa shape index (κ3) is 5.55. The summed E-state index contributed by atoms with van der Waals surface area (Å²) in [7, 11) is -1.71. The molecule has 2 aromatic rings. The van der Waals surface area contributed by atoms with Crippen LogP contribution in [-0.2, 0) is 22.0 Å². The molecule has 1 aromatic carbocycles. The lowest BCUT2D eigenvalue weighted by Crippen LogP contribution is -2.16. The van der Waals surface area contributed by atoms with Crippen LogP contribution in [0, 0.1) is 0 Å². The van der Waals surface area contributed by atoms with Gasteiger partial charge in [0, 0.05) is 18.4 Å². The highest BCUT2D eigenvalue weighted by Gasteiger charge is 2.16. The van der Waals surface area contributed by atoms with Crippen molar-refractivity contribution in [1.82, 2.24) is 9.97 Å². The average molecular weight is 400 g/mol. The number of nitrogens with one attached hydrogen (secondary N) is 1. The van der Waals surface area contributed by atoms with Gasteiger partial charge in [-0.15, -0.1) is 0 Å². The Labute approximate surface area is 158 Å². The molecule has 0 radical (unpaired) electrons. The summed E-state index contributed by atoms with van der Waals surface area (Å²) < 4.78 is 28.1. The van der Waals surface area contributed by atoms with Crippen molar-refractivity contribution in [2.24, 2.45) is 0 Å². The molecule has 0 amide bonds. The van der Waals surface area contributed by atoms with E-state index in [1.165, 1.54) is 0 Å². The van der Waals surface area contributed by atoms with E-state index < -0.39 is 15.9 Å². The highest BCUT2D eigenvalue weighted by molar-refractivity contribution is 7.89. The van der Waals surface area contributed by atoms with Gasteiger partial charge in [-0.3, -0.25) is 0 Å². The van der Waals surface area contributed by atoms with Crippen molar-refractivity contribution in [1.29, 1.82) is 0 Å². The van der Waals surface area contributed by atoms with Crippen LogP contribution in [0.3, 0.4) is 0 Å². The Bertz CT molecular complexity index is 857. The minimum absolute atomic E-state index is 0.121. The number of aliphatic hydroxyl groups is 1. The molecule has 1 unspecified atom stereocenters. The Kier molecular flexibility index (Phi) is 6.80. The summed E-state index contributed by atoms with van der Waals surface area (Å²) in [5.74, 6) is 0.955. The number of hydrogen-bond acceptors (Lipinski definition) is 7. The largest absolute Gasteiger partial charge is 0.497 e. The maximum absolute atomic E-state index is 11.5. The van der Waals surface area contributed by atoms with E-state index >= 15 is 0 Å². The minimum Gasteiger partial charge on any atom is -0.497 e. The fourth-order valence-corrected chi connectivity index (χ4v) is 3.31. The van der Waals surface area contributed by atoms with Crippen molar-refractivity contribution in [2.75, 3.05) is 25.2 Å². The summed E-state index contributed by atoms with van der Waals surface area (Å²) in [6.07, 6.45) is 0.898. The van der Waals surface area contributed by atoms with E-state index in [4.69, 9.17) is 16.3 Å². The molecule has 0 aliphatic rings. The second-order valence-corrected chi connectivity index (χ2v) is 8.35. The van der Waals surface area contributed by atoms with Gasteiger partial charge in [0.1, 0.15) is 28.3 Å². The van der Waals surface area contributed by atoms with E-state index in [-0.39, 0.29) is 23.3 Å². The smallest absolute Gasteiger partial charge is 0.154 e. The first kappa shape index (κ1) is 20.4. The third-order valence-corrected chi connectivity index (χ3v) is 4.81. The van der Waals surface area contributed by atoms with Gasteiger partial charge < -0.3 is 15.2 Å². The number of halogens is 1. The van der Waals surface area contributed by atoms with Gasteiger partial charge in [0.05, 0.1) is 13.2 Å². The van der Waals surface area contributed by atoms with Crippen molar-refractivity contribution in [2.45, 2.75) is 25.2 Å². The molecule has 0 aliphatic carbocycles. The minimum atomic E-state index is -3.28. The molecule has 2 N–H and O–H groups in total. The van der Waals surface area contributed by atoms with Crippen LogP contribution in [-0.4, -0.2) is 43.4 Å². The summed E-state index contributed by atoms with van der Waals surface area (Å²) in [6, 6.07) is 7.07. The van der Waals surface area contributed by atoms with E-state index in [0.29, 0.717) is 29.1 Å². The van der Waals surface area contributed by atoms with Gasteiger partial charge in [0.2, 0.25) is 0 Å². The van der Waals surface area contributed by atoms with Crippen LogP contribution >= 0.6 is 11.6 Å². The fraction of sp³-hybridized carbons (Fsp3) is 0.412. The molecule has 0 saturated carbocycles. The Morgan fingerprint density at radius 2 is 1.92 bits per heavy atom. The molecular weight excluding hydrogens is 378 g/mol. The lowest BCUT2D eigenvalue weighted by atomic mass is 10.1. The van der Waals surface area contributed by atoms with Crippen molar-refractivity contribution in [3.05, 3.63) is 46.4 Å². The van der Waals surface area contributed by atoms with E-state index in [9.17, 15) is 13.5 Å². The third-order valence-electron chi connectivity index (χ3n) is 3.71. The van der Waals surface area contributed by atoms with Crippen LogP contribution < -0.4 is 10.1 Å². The van der Waals surface area contributed by atoms with Crippen LogP contribution in [0.2, 0.25) is 5.15 Å². The molecule has 0 saturated heterocycles. The number of anilines is 1. The SMILES string of the molecule is CCc1c(Cl)nc(CS(C)(=O)=O)nc1NCC(O)c1ccc(OC)cc1. The molecular formula is C17H22ClN3O4S. The molecule has 0 fully saturated rings. The monoisotopic (exact) mass is 399 g/mol. The predicted octanol–water partition coefficient (Wildman–Crippen LogP) is 2.39. The molecule has 1 heterocycles. The highest BCUT2D eigenvalue weighted by Crippen LogP contribution is 2.24. The van der Waals surface area contributed by atoms with Crippen LogP contribution in [0.1, 0.15) is 30.0 Å². The molecule has 2 rings (SSSR count). The van der Waals surface area contributed by atoms with Crippen molar-refractivity contribution < 1.29 is 18.3 Å². The Balaban J connectivity index is 2.18. The molecule has 9 heteroatoms. The lowest BCUT2D eigenvalue weighted by Gasteiger charge is -2.16. The number of nitrogens with zero attached hydrogens (tertiary/aromatic N) is 2. The summed E-state index contributed by atoms with van der Waals surface area (Å²) in [5.41, 5.74) is 1.39. The first-order valence-electron chi connectivity index (χ1n) is 8.02. The Morgan fingerprint density at radius 3 is 2.46 bits per heavy atom. The molecule has 1 aromatic heterocycles. The highest BCUT2D eigenvalue weighted by atomic mass is 35.5. The molecule has 26 heavy (non-hydrogen) atoms.